The average Bonchev–Trinajstić information content (AvgIpc) is 2.20. The van der Waals surface area contributed by atoms with Crippen molar-refractivity contribution in [3.63, 3.8) is 0 Å². The van der Waals surface area contributed by atoms with Gasteiger partial charge < -0.3 is 14.4 Å². The molecule has 0 unspecified atom stereocenters. The van der Waals surface area contributed by atoms with Crippen LogP contribution in [0.5, 0.6) is 5.75 Å². The van der Waals surface area contributed by atoms with E-state index in [2.05, 4.69) is 0 Å². The molecule has 16 heavy (non-hydrogen) atoms. The van der Waals surface area contributed by atoms with Gasteiger partial charge in [0.05, 0.1) is 18.8 Å². The van der Waals surface area contributed by atoms with Crippen LogP contribution < -0.4 is 9.64 Å². The van der Waals surface area contributed by atoms with E-state index < -0.39 is 0 Å². The lowest BCUT2D eigenvalue weighted by Crippen LogP contribution is -2.40. The van der Waals surface area contributed by atoms with Gasteiger partial charge in [-0.05, 0) is 12.1 Å². The number of ether oxygens (including phenoxy) is 2. The SMILES string of the molecule is COC[C@@H]1CN(C)c2cccc(F)c2O1.S. The van der Waals surface area contributed by atoms with Crippen LogP contribution in [0.3, 0.4) is 0 Å². The second-order valence-corrected chi connectivity index (χ2v) is 3.66. The fourth-order valence-electron chi connectivity index (χ4n) is 1.80. The van der Waals surface area contributed by atoms with E-state index in [1.165, 1.54) is 6.07 Å². The molecule has 2 rings (SSSR count). The molecule has 0 aromatic heterocycles. The lowest BCUT2D eigenvalue weighted by molar-refractivity contribution is 0.0771. The summed E-state index contributed by atoms with van der Waals surface area (Å²) in [6.45, 7) is 1.18. The van der Waals surface area contributed by atoms with E-state index in [4.69, 9.17) is 9.47 Å². The number of rotatable bonds is 2. The minimum atomic E-state index is -0.319. The quantitative estimate of drug-likeness (QED) is 0.793. The van der Waals surface area contributed by atoms with Crippen LogP contribution in [-0.2, 0) is 4.74 Å². The number of nitrogens with zero attached hydrogens (tertiary/aromatic N) is 1. The molecular formula is C11H16FNO2S. The number of fused-ring (bicyclic) bond motifs is 1. The summed E-state index contributed by atoms with van der Waals surface area (Å²) in [6, 6.07) is 4.94. The van der Waals surface area contributed by atoms with Crippen molar-refractivity contribution in [1.82, 2.24) is 0 Å². The second kappa shape index (κ2) is 5.41. The molecule has 0 bridgehead atoms. The van der Waals surface area contributed by atoms with Crippen molar-refractivity contribution >= 4 is 19.2 Å². The summed E-state index contributed by atoms with van der Waals surface area (Å²) >= 11 is 0. The Morgan fingerprint density at radius 1 is 1.56 bits per heavy atom. The molecule has 5 heteroatoms. The first kappa shape index (κ1) is 13.1. The van der Waals surface area contributed by atoms with Crippen molar-refractivity contribution in [2.24, 2.45) is 0 Å². The maximum atomic E-state index is 13.5. The summed E-state index contributed by atoms with van der Waals surface area (Å²) in [5.41, 5.74) is 0.794. The van der Waals surface area contributed by atoms with Gasteiger partial charge >= 0.3 is 0 Å². The second-order valence-electron chi connectivity index (χ2n) is 3.66. The number of anilines is 1. The van der Waals surface area contributed by atoms with Crippen molar-refractivity contribution in [2.45, 2.75) is 6.10 Å². The molecule has 1 aliphatic heterocycles. The first-order valence-corrected chi connectivity index (χ1v) is 4.87. The summed E-state index contributed by atoms with van der Waals surface area (Å²) in [7, 11) is 3.53. The Bertz CT molecular complexity index is 362. The van der Waals surface area contributed by atoms with Gasteiger partial charge in [0.2, 0.25) is 0 Å². The highest BCUT2D eigenvalue weighted by atomic mass is 32.1. The van der Waals surface area contributed by atoms with Gasteiger partial charge in [-0.15, -0.1) is 0 Å². The van der Waals surface area contributed by atoms with Gasteiger partial charge in [0.1, 0.15) is 6.10 Å². The van der Waals surface area contributed by atoms with Gasteiger partial charge in [0, 0.05) is 14.2 Å². The van der Waals surface area contributed by atoms with Gasteiger partial charge in [-0.3, -0.25) is 0 Å². The predicted octanol–water partition coefficient (Wildman–Crippen LogP) is 1.78. The predicted molar refractivity (Wildman–Crippen MR) is 66.3 cm³/mol. The molecule has 1 aliphatic rings. The van der Waals surface area contributed by atoms with Crippen molar-refractivity contribution < 1.29 is 13.9 Å². The van der Waals surface area contributed by atoms with Gasteiger partial charge in [-0.25, -0.2) is 4.39 Å². The molecule has 0 spiro atoms. The molecule has 0 N–H and O–H groups in total. The summed E-state index contributed by atoms with van der Waals surface area (Å²) in [5, 5.41) is 0. The van der Waals surface area contributed by atoms with Crippen molar-refractivity contribution in [1.29, 1.82) is 0 Å². The molecule has 1 heterocycles. The van der Waals surface area contributed by atoms with Gasteiger partial charge in [-0.2, -0.15) is 13.5 Å². The molecule has 1 aromatic carbocycles. The smallest absolute Gasteiger partial charge is 0.178 e. The van der Waals surface area contributed by atoms with Gasteiger partial charge in [0.15, 0.2) is 11.6 Å². The fourth-order valence-corrected chi connectivity index (χ4v) is 1.80. The zero-order valence-electron chi connectivity index (χ0n) is 9.37. The molecule has 0 saturated heterocycles. The Labute approximate surface area is 102 Å². The van der Waals surface area contributed by atoms with Crippen LogP contribution in [-0.4, -0.2) is 33.4 Å². The molecule has 0 amide bonds. The molecule has 0 radical (unpaired) electrons. The van der Waals surface area contributed by atoms with E-state index in [0.717, 1.165) is 5.69 Å². The highest BCUT2D eigenvalue weighted by Gasteiger charge is 2.25. The number of methoxy groups -OCH3 is 1. The van der Waals surface area contributed by atoms with Crippen LogP contribution >= 0.6 is 13.5 Å². The van der Waals surface area contributed by atoms with E-state index >= 15 is 0 Å². The summed E-state index contributed by atoms with van der Waals surface area (Å²) in [5.74, 6) is 0.00783. The van der Waals surface area contributed by atoms with E-state index in [9.17, 15) is 4.39 Å². The van der Waals surface area contributed by atoms with Crippen LogP contribution in [0.15, 0.2) is 18.2 Å². The number of hydrogen-bond donors (Lipinski definition) is 0. The Hall–Kier alpha value is -0.940. The topological polar surface area (TPSA) is 21.7 Å². The van der Waals surface area contributed by atoms with Crippen molar-refractivity contribution in [3.05, 3.63) is 24.0 Å². The van der Waals surface area contributed by atoms with Crippen molar-refractivity contribution in [3.8, 4) is 5.75 Å². The van der Waals surface area contributed by atoms with Crippen LogP contribution in [0.25, 0.3) is 0 Å². The minimum absolute atomic E-state index is 0. The largest absolute Gasteiger partial charge is 0.481 e. The fraction of sp³-hybridized carbons (Fsp3) is 0.455. The number of hydrogen-bond acceptors (Lipinski definition) is 3. The third-order valence-corrected chi connectivity index (χ3v) is 2.47. The average molecular weight is 245 g/mol. The number of likely N-dealkylation sites (N-methyl/N-ethyl adjacent to an activating group) is 1. The normalized spacial score (nSPS) is 18.4. The highest BCUT2D eigenvalue weighted by Crippen LogP contribution is 2.34. The molecule has 1 atom stereocenters. The maximum Gasteiger partial charge on any atom is 0.178 e. The molecule has 0 saturated carbocycles. The van der Waals surface area contributed by atoms with E-state index in [1.54, 1.807) is 13.2 Å². The zero-order valence-corrected chi connectivity index (χ0v) is 10.4. The van der Waals surface area contributed by atoms with Crippen molar-refractivity contribution in [2.75, 3.05) is 32.2 Å². The maximum absolute atomic E-state index is 13.5. The first-order valence-electron chi connectivity index (χ1n) is 4.87. The first-order chi connectivity index (χ1) is 7.22. The Morgan fingerprint density at radius 3 is 3.00 bits per heavy atom. The summed E-state index contributed by atoms with van der Waals surface area (Å²) in [6.07, 6.45) is -0.107. The zero-order chi connectivity index (χ0) is 10.8. The van der Waals surface area contributed by atoms with Crippen LogP contribution in [0.1, 0.15) is 0 Å². The monoisotopic (exact) mass is 245 g/mol. The van der Waals surface area contributed by atoms with Crippen LogP contribution in [0.4, 0.5) is 10.1 Å². The molecule has 3 nitrogen and oxygen atoms in total. The van der Waals surface area contributed by atoms with E-state index in [0.29, 0.717) is 18.9 Å². The Kier molecular flexibility index (Phi) is 4.44. The lowest BCUT2D eigenvalue weighted by Gasteiger charge is -2.33. The standard InChI is InChI=1S/C11H14FNO2.H2S/c1-13-6-8(7-14-2)15-11-9(12)4-3-5-10(11)13;/h3-5,8H,6-7H2,1-2H3;1H2/t8-;/m0./s1. The number of para-hydroxylation sites is 1. The Balaban J connectivity index is 0.00000128. The van der Waals surface area contributed by atoms with E-state index in [1.807, 2.05) is 18.0 Å². The summed E-state index contributed by atoms with van der Waals surface area (Å²) < 4.78 is 24.0. The number of halogens is 1. The third kappa shape index (κ3) is 2.41. The number of benzene rings is 1. The third-order valence-electron chi connectivity index (χ3n) is 2.47. The van der Waals surface area contributed by atoms with E-state index in [-0.39, 0.29) is 25.4 Å². The van der Waals surface area contributed by atoms with Crippen LogP contribution in [0, 0.1) is 5.82 Å². The van der Waals surface area contributed by atoms with Crippen LogP contribution in [0.2, 0.25) is 0 Å². The highest BCUT2D eigenvalue weighted by molar-refractivity contribution is 7.59. The molecule has 1 aromatic rings. The minimum Gasteiger partial charge on any atom is -0.481 e. The van der Waals surface area contributed by atoms with Gasteiger partial charge in [0.25, 0.3) is 0 Å². The Morgan fingerprint density at radius 2 is 2.31 bits per heavy atom. The van der Waals surface area contributed by atoms with Gasteiger partial charge in [-0.1, -0.05) is 6.07 Å². The molecule has 0 fully saturated rings. The molecular weight excluding hydrogens is 229 g/mol. The molecule has 90 valence electrons. The molecule has 0 aliphatic carbocycles. The summed E-state index contributed by atoms with van der Waals surface area (Å²) in [4.78, 5) is 1.98. The lowest BCUT2D eigenvalue weighted by atomic mass is 10.2.